The minimum absolute atomic E-state index is 0.0138. The minimum Gasteiger partial charge on any atom is -0.464 e. The first-order valence-electron chi connectivity index (χ1n) is 9.48. The Morgan fingerprint density at radius 1 is 1.12 bits per heavy atom. The monoisotopic (exact) mass is 387 g/mol. The average molecular weight is 388 g/mol. The molecule has 1 unspecified atom stereocenters. The average Bonchev–Trinajstić information content (AvgIpc) is 2.37. The summed E-state index contributed by atoms with van der Waals surface area (Å²) in [6.45, 7) is 19.6. The molecule has 1 atom stereocenters. The van der Waals surface area contributed by atoms with Gasteiger partial charge in [-0.25, -0.2) is 9.59 Å². The van der Waals surface area contributed by atoms with E-state index in [2.05, 4.69) is 33.9 Å². The highest BCUT2D eigenvalue weighted by Crippen LogP contribution is 2.38. The molecule has 0 aromatic carbocycles. The van der Waals surface area contributed by atoms with Crippen LogP contribution in [0.1, 0.15) is 54.9 Å². The Morgan fingerprint density at radius 3 is 2.08 bits per heavy atom. The molecule has 1 aliphatic rings. The Labute approximate surface area is 159 Å². The van der Waals surface area contributed by atoms with Gasteiger partial charge in [0, 0.05) is 13.1 Å². The van der Waals surface area contributed by atoms with Gasteiger partial charge >= 0.3 is 12.1 Å². The van der Waals surface area contributed by atoms with E-state index in [-0.39, 0.29) is 23.0 Å². The smallest absolute Gasteiger partial charge is 0.410 e. The summed E-state index contributed by atoms with van der Waals surface area (Å²) in [5, 5.41) is 0.0138. The van der Waals surface area contributed by atoms with Gasteiger partial charge in [-0.15, -0.1) is 0 Å². The molecule has 7 heteroatoms. The fourth-order valence-electron chi connectivity index (χ4n) is 2.46. The summed E-state index contributed by atoms with van der Waals surface area (Å²) < 4.78 is 16.9. The molecule has 0 saturated carbocycles. The molecule has 0 spiro atoms. The Bertz CT molecular complexity index is 501. The fourth-order valence-corrected chi connectivity index (χ4v) is 3.71. The first kappa shape index (κ1) is 23.0. The van der Waals surface area contributed by atoms with Crippen molar-refractivity contribution in [3.05, 3.63) is 0 Å². The Kier molecular flexibility index (Phi) is 7.32. The van der Waals surface area contributed by atoms with Gasteiger partial charge in [0.25, 0.3) is 0 Å². The number of likely N-dealkylation sites (tertiary alicyclic amines) is 1. The molecule has 0 aromatic heterocycles. The highest BCUT2D eigenvalue weighted by molar-refractivity contribution is 6.74. The summed E-state index contributed by atoms with van der Waals surface area (Å²) in [5.74, 6) is -0.0743. The van der Waals surface area contributed by atoms with Gasteiger partial charge in [0.1, 0.15) is 11.7 Å². The van der Waals surface area contributed by atoms with Crippen molar-refractivity contribution in [1.82, 2.24) is 4.90 Å². The van der Waals surface area contributed by atoms with Crippen molar-refractivity contribution >= 4 is 20.4 Å². The third-order valence-electron chi connectivity index (χ3n) is 4.95. The fraction of sp³-hybridized carbons (Fsp3) is 0.895. The lowest BCUT2D eigenvalue weighted by Crippen LogP contribution is -2.54. The van der Waals surface area contributed by atoms with E-state index >= 15 is 0 Å². The first-order chi connectivity index (χ1) is 11.7. The maximum Gasteiger partial charge on any atom is 0.410 e. The van der Waals surface area contributed by atoms with Crippen LogP contribution in [0.15, 0.2) is 0 Å². The van der Waals surface area contributed by atoms with Crippen LogP contribution in [0.25, 0.3) is 0 Å². The molecule has 0 aliphatic carbocycles. The molecule has 1 aliphatic heterocycles. The number of ether oxygens (including phenoxy) is 2. The maximum atomic E-state index is 12.4. The zero-order chi connectivity index (χ0) is 20.3. The lowest BCUT2D eigenvalue weighted by atomic mass is 9.94. The van der Waals surface area contributed by atoms with Crippen LogP contribution in [0.2, 0.25) is 18.1 Å². The molecule has 152 valence electrons. The van der Waals surface area contributed by atoms with Crippen LogP contribution in [0, 0.1) is 5.92 Å². The van der Waals surface area contributed by atoms with Gasteiger partial charge < -0.3 is 18.8 Å². The van der Waals surface area contributed by atoms with Crippen LogP contribution < -0.4 is 0 Å². The van der Waals surface area contributed by atoms with Crippen molar-refractivity contribution in [2.24, 2.45) is 5.92 Å². The molecule has 6 nitrogen and oxygen atoms in total. The summed E-state index contributed by atoms with van der Waals surface area (Å²) in [6, 6.07) is 0. The van der Waals surface area contributed by atoms with Crippen LogP contribution in [-0.2, 0) is 18.7 Å². The molecule has 1 rings (SSSR count). The van der Waals surface area contributed by atoms with Gasteiger partial charge in [0.05, 0.1) is 6.61 Å². The van der Waals surface area contributed by atoms with E-state index < -0.39 is 20.0 Å². The van der Waals surface area contributed by atoms with Gasteiger partial charge in [-0.3, -0.25) is 0 Å². The lowest BCUT2D eigenvalue weighted by molar-refractivity contribution is -0.153. The molecular formula is C19H37NO5Si. The highest BCUT2D eigenvalue weighted by atomic mass is 28.4. The number of rotatable bonds is 6. The number of nitrogens with zero attached hydrogens (tertiary/aromatic N) is 1. The third-order valence-corrected chi connectivity index (χ3v) is 9.43. The number of amides is 1. The summed E-state index contributed by atoms with van der Waals surface area (Å²) in [6.07, 6.45) is -0.293. The minimum atomic E-state index is -2.09. The summed E-state index contributed by atoms with van der Waals surface area (Å²) in [4.78, 5) is 26.1. The Morgan fingerprint density at radius 2 is 1.65 bits per heavy atom. The number of esters is 1. The second-order valence-corrected chi connectivity index (χ2v) is 14.4. The molecule has 1 heterocycles. The van der Waals surface area contributed by atoms with Gasteiger partial charge in [0.15, 0.2) is 8.32 Å². The van der Waals surface area contributed by atoms with Crippen LogP contribution in [0.4, 0.5) is 4.79 Å². The third kappa shape index (κ3) is 6.58. The quantitative estimate of drug-likeness (QED) is 0.505. The highest BCUT2D eigenvalue weighted by Gasteiger charge is 2.43. The normalized spacial score (nSPS) is 17.5. The number of carbonyl (C=O) groups excluding carboxylic acids is 2. The van der Waals surface area contributed by atoms with Crippen molar-refractivity contribution in [1.29, 1.82) is 0 Å². The predicted octanol–water partition coefficient (Wildman–Crippen LogP) is 4.20. The van der Waals surface area contributed by atoms with E-state index in [1.54, 1.807) is 11.8 Å². The number of hydrogen-bond acceptors (Lipinski definition) is 5. The van der Waals surface area contributed by atoms with Crippen molar-refractivity contribution in [3.63, 3.8) is 0 Å². The largest absolute Gasteiger partial charge is 0.464 e. The van der Waals surface area contributed by atoms with E-state index in [9.17, 15) is 9.59 Å². The standard InChI is InChI=1S/C19H37NO5Si/c1-10-23-16(21)15(25-26(8,9)19(5,6)7)11-14-12-20(13-14)17(22)24-18(2,3)4/h14-15H,10-13H2,1-9H3. The zero-order valence-electron chi connectivity index (χ0n) is 18.0. The lowest BCUT2D eigenvalue weighted by Gasteiger charge is -2.43. The molecule has 0 aromatic rings. The van der Waals surface area contributed by atoms with Crippen LogP contribution in [-0.4, -0.2) is 56.7 Å². The van der Waals surface area contributed by atoms with E-state index in [1.165, 1.54) is 0 Å². The molecule has 0 radical (unpaired) electrons. The van der Waals surface area contributed by atoms with Gasteiger partial charge in [-0.1, -0.05) is 20.8 Å². The van der Waals surface area contributed by atoms with Crippen LogP contribution in [0.5, 0.6) is 0 Å². The number of hydrogen-bond donors (Lipinski definition) is 0. The topological polar surface area (TPSA) is 65.1 Å². The first-order valence-corrected chi connectivity index (χ1v) is 12.4. The zero-order valence-corrected chi connectivity index (χ0v) is 19.0. The van der Waals surface area contributed by atoms with Gasteiger partial charge in [0.2, 0.25) is 0 Å². The van der Waals surface area contributed by atoms with Crippen molar-refractivity contribution in [3.8, 4) is 0 Å². The van der Waals surface area contributed by atoms with Gasteiger partial charge in [-0.05, 0) is 58.2 Å². The second kappa shape index (κ2) is 8.29. The molecule has 0 N–H and O–H groups in total. The van der Waals surface area contributed by atoms with Gasteiger partial charge in [-0.2, -0.15) is 0 Å². The molecule has 26 heavy (non-hydrogen) atoms. The second-order valence-electron chi connectivity index (χ2n) is 9.61. The van der Waals surface area contributed by atoms with Crippen molar-refractivity contribution < 1.29 is 23.5 Å². The number of carbonyl (C=O) groups is 2. The summed E-state index contributed by atoms with van der Waals surface area (Å²) in [7, 11) is -2.09. The van der Waals surface area contributed by atoms with E-state index in [1.807, 2.05) is 20.8 Å². The van der Waals surface area contributed by atoms with E-state index in [0.717, 1.165) is 0 Å². The summed E-state index contributed by atoms with van der Waals surface area (Å²) >= 11 is 0. The van der Waals surface area contributed by atoms with E-state index in [0.29, 0.717) is 26.1 Å². The molecular weight excluding hydrogens is 350 g/mol. The van der Waals surface area contributed by atoms with Crippen molar-refractivity contribution in [2.75, 3.05) is 19.7 Å². The molecule has 1 amide bonds. The summed E-state index contributed by atoms with van der Waals surface area (Å²) in [5.41, 5.74) is -0.499. The maximum absolute atomic E-state index is 12.4. The SMILES string of the molecule is CCOC(=O)C(CC1CN(C(=O)OC(C)(C)C)C1)O[Si](C)(C)C(C)(C)C. The Balaban J connectivity index is 2.66. The predicted molar refractivity (Wildman–Crippen MR) is 105 cm³/mol. The molecule has 1 saturated heterocycles. The van der Waals surface area contributed by atoms with Crippen molar-refractivity contribution in [2.45, 2.75) is 84.7 Å². The van der Waals surface area contributed by atoms with Crippen LogP contribution >= 0.6 is 0 Å². The van der Waals surface area contributed by atoms with E-state index in [4.69, 9.17) is 13.9 Å². The Hall–Kier alpha value is -1.08. The molecule has 0 bridgehead atoms. The van der Waals surface area contributed by atoms with Crippen LogP contribution in [0.3, 0.4) is 0 Å². The molecule has 1 fully saturated rings.